The van der Waals surface area contributed by atoms with Gasteiger partial charge in [-0.1, -0.05) is 20.3 Å². The summed E-state index contributed by atoms with van der Waals surface area (Å²) in [4.78, 5) is 0. The minimum Gasteiger partial charge on any atom is -0.347 e. The maximum Gasteiger partial charge on any atom is 0.178 e. The lowest BCUT2D eigenvalue weighted by atomic mass is 9.75. The second kappa shape index (κ2) is 4.63. The van der Waals surface area contributed by atoms with Gasteiger partial charge in [0.25, 0.3) is 0 Å². The number of ether oxygens (including phenoxy) is 2. The van der Waals surface area contributed by atoms with Crippen LogP contribution in [0.3, 0.4) is 0 Å². The van der Waals surface area contributed by atoms with Crippen LogP contribution in [0.1, 0.15) is 46.5 Å². The van der Waals surface area contributed by atoms with Gasteiger partial charge >= 0.3 is 0 Å². The zero-order valence-corrected chi connectivity index (χ0v) is 10.8. The molecule has 1 saturated carbocycles. The van der Waals surface area contributed by atoms with E-state index in [1.807, 2.05) is 6.92 Å². The van der Waals surface area contributed by atoms with E-state index in [0.29, 0.717) is 11.5 Å². The van der Waals surface area contributed by atoms with E-state index in [2.05, 4.69) is 19.2 Å². The standard InChI is InChI=1S/C13H25NO2/c1-12(2)6-4-5-11(9-12)14-10-13(3)15-7-8-16-13/h11,14H,4-10H2,1-3H3. The van der Waals surface area contributed by atoms with Crippen molar-refractivity contribution < 1.29 is 9.47 Å². The monoisotopic (exact) mass is 227 g/mol. The molecule has 0 amide bonds. The molecule has 1 atom stereocenters. The smallest absolute Gasteiger partial charge is 0.178 e. The van der Waals surface area contributed by atoms with Crippen molar-refractivity contribution >= 4 is 0 Å². The summed E-state index contributed by atoms with van der Waals surface area (Å²) < 4.78 is 11.2. The second-order valence-corrected chi connectivity index (χ2v) is 6.17. The van der Waals surface area contributed by atoms with Crippen molar-refractivity contribution in [3.05, 3.63) is 0 Å². The average Bonchev–Trinajstić information content (AvgIpc) is 2.62. The summed E-state index contributed by atoms with van der Waals surface area (Å²) in [7, 11) is 0. The highest BCUT2D eigenvalue weighted by molar-refractivity contribution is 4.85. The summed E-state index contributed by atoms with van der Waals surface area (Å²) in [5.41, 5.74) is 0.494. The highest BCUT2D eigenvalue weighted by Gasteiger charge is 2.33. The molecule has 1 aliphatic carbocycles. The zero-order valence-electron chi connectivity index (χ0n) is 10.8. The van der Waals surface area contributed by atoms with Crippen molar-refractivity contribution in [3.63, 3.8) is 0 Å². The molecule has 2 aliphatic rings. The van der Waals surface area contributed by atoms with Crippen LogP contribution in [0.15, 0.2) is 0 Å². The number of nitrogens with one attached hydrogen (secondary N) is 1. The molecule has 0 bridgehead atoms. The molecule has 0 spiro atoms. The van der Waals surface area contributed by atoms with Crippen LogP contribution >= 0.6 is 0 Å². The fraction of sp³-hybridized carbons (Fsp3) is 1.00. The first-order chi connectivity index (χ1) is 7.49. The Hall–Kier alpha value is -0.120. The van der Waals surface area contributed by atoms with Crippen molar-refractivity contribution in [1.29, 1.82) is 0 Å². The summed E-state index contributed by atoms with van der Waals surface area (Å²) in [5.74, 6) is -0.387. The topological polar surface area (TPSA) is 30.5 Å². The van der Waals surface area contributed by atoms with Gasteiger partial charge in [-0.3, -0.25) is 0 Å². The van der Waals surface area contributed by atoms with Crippen molar-refractivity contribution in [2.24, 2.45) is 5.41 Å². The quantitative estimate of drug-likeness (QED) is 0.802. The Balaban J connectivity index is 1.77. The summed E-state index contributed by atoms with van der Waals surface area (Å²) in [6.07, 6.45) is 5.25. The third kappa shape index (κ3) is 3.19. The van der Waals surface area contributed by atoms with E-state index in [4.69, 9.17) is 9.47 Å². The van der Waals surface area contributed by atoms with E-state index in [1.54, 1.807) is 0 Å². The number of hydrogen-bond acceptors (Lipinski definition) is 3. The minimum absolute atomic E-state index is 0.387. The second-order valence-electron chi connectivity index (χ2n) is 6.17. The van der Waals surface area contributed by atoms with Gasteiger partial charge in [-0.2, -0.15) is 0 Å². The van der Waals surface area contributed by atoms with Crippen LogP contribution in [0.5, 0.6) is 0 Å². The molecule has 2 fully saturated rings. The van der Waals surface area contributed by atoms with Crippen LogP contribution in [-0.2, 0) is 9.47 Å². The van der Waals surface area contributed by atoms with E-state index < -0.39 is 0 Å². The molecule has 16 heavy (non-hydrogen) atoms. The first-order valence-electron chi connectivity index (χ1n) is 6.50. The highest BCUT2D eigenvalue weighted by atomic mass is 16.7. The largest absolute Gasteiger partial charge is 0.347 e. The van der Waals surface area contributed by atoms with Gasteiger partial charge in [0.1, 0.15) is 0 Å². The summed E-state index contributed by atoms with van der Waals surface area (Å²) >= 11 is 0. The first-order valence-corrected chi connectivity index (χ1v) is 6.50. The van der Waals surface area contributed by atoms with Gasteiger partial charge in [0.15, 0.2) is 5.79 Å². The fourth-order valence-corrected chi connectivity index (χ4v) is 2.86. The van der Waals surface area contributed by atoms with Crippen LogP contribution in [0, 0.1) is 5.41 Å². The van der Waals surface area contributed by atoms with Gasteiger partial charge in [0.2, 0.25) is 0 Å². The van der Waals surface area contributed by atoms with Crippen molar-refractivity contribution in [2.75, 3.05) is 19.8 Å². The Morgan fingerprint density at radius 2 is 1.88 bits per heavy atom. The molecule has 1 heterocycles. The minimum atomic E-state index is -0.387. The molecule has 2 rings (SSSR count). The molecule has 0 radical (unpaired) electrons. The van der Waals surface area contributed by atoms with Gasteiger partial charge in [0.05, 0.1) is 13.2 Å². The predicted octanol–water partition coefficient (Wildman–Crippen LogP) is 2.31. The molecule has 3 nitrogen and oxygen atoms in total. The third-order valence-electron chi connectivity index (χ3n) is 3.82. The van der Waals surface area contributed by atoms with Crippen LogP contribution in [0.25, 0.3) is 0 Å². The predicted molar refractivity (Wildman–Crippen MR) is 64.3 cm³/mol. The molecule has 1 N–H and O–H groups in total. The highest BCUT2D eigenvalue weighted by Crippen LogP contribution is 2.35. The van der Waals surface area contributed by atoms with E-state index in [0.717, 1.165) is 19.8 Å². The van der Waals surface area contributed by atoms with Gasteiger partial charge in [-0.05, 0) is 31.6 Å². The molecule has 3 heteroatoms. The van der Waals surface area contributed by atoms with Gasteiger partial charge in [0, 0.05) is 12.6 Å². The third-order valence-corrected chi connectivity index (χ3v) is 3.82. The maximum absolute atomic E-state index is 5.60. The SMILES string of the molecule is CC1(C)CCCC(NCC2(C)OCCO2)C1. The van der Waals surface area contributed by atoms with Crippen molar-refractivity contribution in [1.82, 2.24) is 5.32 Å². The molecule has 1 aliphatic heterocycles. The Morgan fingerprint density at radius 3 is 2.50 bits per heavy atom. The molecule has 94 valence electrons. The average molecular weight is 227 g/mol. The van der Waals surface area contributed by atoms with Crippen LogP contribution in [0.2, 0.25) is 0 Å². The number of hydrogen-bond donors (Lipinski definition) is 1. The van der Waals surface area contributed by atoms with E-state index in [1.165, 1.54) is 25.7 Å². The molecule has 1 saturated heterocycles. The van der Waals surface area contributed by atoms with Crippen LogP contribution < -0.4 is 5.32 Å². The maximum atomic E-state index is 5.60. The lowest BCUT2D eigenvalue weighted by Crippen LogP contribution is -2.45. The van der Waals surface area contributed by atoms with E-state index in [-0.39, 0.29) is 5.79 Å². The Bertz CT molecular complexity index is 234. The first kappa shape index (κ1) is 12.3. The van der Waals surface area contributed by atoms with Gasteiger partial charge in [-0.25, -0.2) is 0 Å². The lowest BCUT2D eigenvalue weighted by molar-refractivity contribution is -0.140. The van der Waals surface area contributed by atoms with Gasteiger partial charge in [-0.15, -0.1) is 0 Å². The zero-order chi connectivity index (χ0) is 11.6. The summed E-state index contributed by atoms with van der Waals surface area (Å²) in [6, 6.07) is 0.633. The molecule has 0 aromatic carbocycles. The lowest BCUT2D eigenvalue weighted by Gasteiger charge is -2.37. The Kier molecular flexibility index (Phi) is 3.57. The Morgan fingerprint density at radius 1 is 1.19 bits per heavy atom. The fourth-order valence-electron chi connectivity index (χ4n) is 2.86. The summed E-state index contributed by atoms with van der Waals surface area (Å²) in [6.45, 7) is 9.04. The summed E-state index contributed by atoms with van der Waals surface area (Å²) in [5, 5.41) is 3.61. The molecule has 1 unspecified atom stereocenters. The Labute approximate surface area is 98.9 Å². The van der Waals surface area contributed by atoms with Crippen molar-refractivity contribution in [3.8, 4) is 0 Å². The van der Waals surface area contributed by atoms with E-state index in [9.17, 15) is 0 Å². The van der Waals surface area contributed by atoms with E-state index >= 15 is 0 Å². The normalized spacial score (nSPS) is 32.8. The van der Waals surface area contributed by atoms with Gasteiger partial charge < -0.3 is 14.8 Å². The van der Waals surface area contributed by atoms with Crippen LogP contribution in [0.4, 0.5) is 0 Å². The van der Waals surface area contributed by atoms with Crippen molar-refractivity contribution in [2.45, 2.75) is 58.3 Å². The molecular formula is C13H25NO2. The van der Waals surface area contributed by atoms with Crippen LogP contribution in [-0.4, -0.2) is 31.6 Å². The molecular weight excluding hydrogens is 202 g/mol. The molecule has 0 aromatic rings. The molecule has 0 aromatic heterocycles. The number of rotatable bonds is 3.